The first-order chi connectivity index (χ1) is 7.94. The molecular formula is C11H14F3NO2. The van der Waals surface area contributed by atoms with Gasteiger partial charge in [-0.2, -0.15) is 0 Å². The van der Waals surface area contributed by atoms with Crippen molar-refractivity contribution >= 4 is 0 Å². The van der Waals surface area contributed by atoms with Crippen LogP contribution in [0.5, 0.6) is 5.75 Å². The van der Waals surface area contributed by atoms with Gasteiger partial charge in [-0.05, 0) is 13.0 Å². The van der Waals surface area contributed by atoms with Gasteiger partial charge >= 0.3 is 6.36 Å². The highest BCUT2D eigenvalue weighted by molar-refractivity contribution is 5.35. The van der Waals surface area contributed by atoms with E-state index in [2.05, 4.69) is 10.1 Å². The van der Waals surface area contributed by atoms with E-state index in [9.17, 15) is 13.2 Å². The molecule has 0 amide bonds. The Labute approximate surface area is 97.2 Å². The Morgan fingerprint density at radius 3 is 2.59 bits per heavy atom. The summed E-state index contributed by atoms with van der Waals surface area (Å²) in [5.41, 5.74) is 0.401. The van der Waals surface area contributed by atoms with E-state index in [0.717, 1.165) is 0 Å². The van der Waals surface area contributed by atoms with Crippen LogP contribution in [-0.4, -0.2) is 24.6 Å². The molecule has 6 heteroatoms. The number of para-hydroxylation sites is 1. The van der Waals surface area contributed by atoms with Gasteiger partial charge in [-0.3, -0.25) is 0 Å². The highest BCUT2D eigenvalue weighted by Gasteiger charge is 2.32. The average Bonchev–Trinajstić information content (AvgIpc) is 2.24. The predicted octanol–water partition coefficient (Wildman–Crippen LogP) is 2.23. The maximum absolute atomic E-state index is 12.2. The third-order valence-electron chi connectivity index (χ3n) is 2.17. The molecule has 0 aliphatic rings. The normalized spacial score (nSPS) is 13.5. The number of hydrogen-bond donors (Lipinski definition) is 2. The Morgan fingerprint density at radius 1 is 1.35 bits per heavy atom. The second kappa shape index (κ2) is 5.88. The maximum Gasteiger partial charge on any atom is 0.573 e. The number of alkyl halides is 3. The van der Waals surface area contributed by atoms with Crippen LogP contribution in [0.1, 0.15) is 18.5 Å². The molecule has 1 unspecified atom stereocenters. The summed E-state index contributed by atoms with van der Waals surface area (Å²) in [5.74, 6) is -0.224. The van der Waals surface area contributed by atoms with Gasteiger partial charge in [0.25, 0.3) is 0 Å². The summed E-state index contributed by atoms with van der Waals surface area (Å²) in [5, 5.41) is 11.5. The highest BCUT2D eigenvalue weighted by atomic mass is 19.4. The fourth-order valence-electron chi connectivity index (χ4n) is 1.45. The molecule has 1 aromatic rings. The maximum atomic E-state index is 12.2. The number of nitrogens with one attached hydrogen (secondary N) is 1. The number of benzene rings is 1. The van der Waals surface area contributed by atoms with Crippen molar-refractivity contribution in [1.29, 1.82) is 0 Å². The minimum atomic E-state index is -4.70. The molecule has 0 bridgehead atoms. The predicted molar refractivity (Wildman–Crippen MR) is 56.6 cm³/mol. The fraction of sp³-hybridized carbons (Fsp3) is 0.455. The lowest BCUT2D eigenvalue weighted by Gasteiger charge is -2.18. The van der Waals surface area contributed by atoms with E-state index in [1.807, 2.05) is 0 Å². The number of aliphatic hydroxyl groups is 1. The number of ether oxygens (including phenoxy) is 1. The van der Waals surface area contributed by atoms with Crippen LogP contribution in [0.4, 0.5) is 13.2 Å². The molecule has 1 rings (SSSR count). The van der Waals surface area contributed by atoms with E-state index in [1.54, 1.807) is 19.1 Å². The van der Waals surface area contributed by atoms with E-state index < -0.39 is 6.36 Å². The van der Waals surface area contributed by atoms with Crippen molar-refractivity contribution in [3.05, 3.63) is 29.8 Å². The van der Waals surface area contributed by atoms with Crippen molar-refractivity contribution in [3.8, 4) is 5.75 Å². The molecule has 0 spiro atoms. The lowest BCUT2D eigenvalue weighted by Crippen LogP contribution is -2.24. The molecule has 0 fully saturated rings. The highest BCUT2D eigenvalue weighted by Crippen LogP contribution is 2.29. The van der Waals surface area contributed by atoms with E-state index in [0.29, 0.717) is 12.1 Å². The summed E-state index contributed by atoms with van der Waals surface area (Å²) in [6.07, 6.45) is -4.70. The van der Waals surface area contributed by atoms with Gasteiger partial charge < -0.3 is 15.2 Å². The third-order valence-corrected chi connectivity index (χ3v) is 2.17. The first-order valence-electron chi connectivity index (χ1n) is 5.13. The van der Waals surface area contributed by atoms with Crippen LogP contribution >= 0.6 is 0 Å². The van der Waals surface area contributed by atoms with Crippen molar-refractivity contribution in [1.82, 2.24) is 5.32 Å². The van der Waals surface area contributed by atoms with E-state index in [1.165, 1.54) is 12.1 Å². The minimum absolute atomic E-state index is 0.0768. The van der Waals surface area contributed by atoms with Crippen molar-refractivity contribution < 1.29 is 23.0 Å². The van der Waals surface area contributed by atoms with Crippen LogP contribution in [0.15, 0.2) is 24.3 Å². The molecule has 96 valence electrons. The Hall–Kier alpha value is -1.27. The zero-order valence-corrected chi connectivity index (χ0v) is 9.29. The van der Waals surface area contributed by atoms with Crippen molar-refractivity contribution in [3.63, 3.8) is 0 Å². The van der Waals surface area contributed by atoms with Crippen molar-refractivity contribution in [2.75, 3.05) is 13.2 Å². The number of hydrogen-bond acceptors (Lipinski definition) is 3. The molecule has 2 N–H and O–H groups in total. The summed E-state index contributed by atoms with van der Waals surface area (Å²) in [4.78, 5) is 0. The monoisotopic (exact) mass is 249 g/mol. The fourth-order valence-corrected chi connectivity index (χ4v) is 1.45. The molecule has 3 nitrogen and oxygen atoms in total. The van der Waals surface area contributed by atoms with E-state index >= 15 is 0 Å². The zero-order valence-electron chi connectivity index (χ0n) is 9.29. The standard InChI is InChI=1S/C11H14F3NO2/c1-8(15-6-7-16)9-4-2-3-5-10(9)17-11(12,13)14/h2-5,8,15-16H,6-7H2,1H3. The summed E-state index contributed by atoms with van der Waals surface area (Å²) in [6, 6.07) is 5.59. The van der Waals surface area contributed by atoms with Gasteiger partial charge in [-0.25, -0.2) is 0 Å². The van der Waals surface area contributed by atoms with Crippen LogP contribution in [0.25, 0.3) is 0 Å². The van der Waals surface area contributed by atoms with Gasteiger partial charge in [0.1, 0.15) is 5.75 Å². The van der Waals surface area contributed by atoms with Crippen LogP contribution in [0, 0.1) is 0 Å². The molecule has 1 atom stereocenters. The van der Waals surface area contributed by atoms with Gasteiger partial charge in [0.2, 0.25) is 0 Å². The molecule has 0 radical (unpaired) electrons. The first-order valence-corrected chi connectivity index (χ1v) is 5.13. The lowest BCUT2D eigenvalue weighted by atomic mass is 10.1. The Morgan fingerprint density at radius 2 is 2.00 bits per heavy atom. The molecule has 0 aliphatic heterocycles. The lowest BCUT2D eigenvalue weighted by molar-refractivity contribution is -0.275. The molecule has 1 aromatic carbocycles. The molecule has 0 aromatic heterocycles. The van der Waals surface area contributed by atoms with Crippen LogP contribution in [0.3, 0.4) is 0 Å². The molecule has 0 aliphatic carbocycles. The van der Waals surface area contributed by atoms with Crippen LogP contribution < -0.4 is 10.1 Å². The summed E-state index contributed by atoms with van der Waals surface area (Å²) < 4.78 is 40.4. The van der Waals surface area contributed by atoms with E-state index in [4.69, 9.17) is 5.11 Å². The van der Waals surface area contributed by atoms with Gasteiger partial charge in [0, 0.05) is 18.2 Å². The molecule has 17 heavy (non-hydrogen) atoms. The van der Waals surface area contributed by atoms with Crippen LogP contribution in [-0.2, 0) is 0 Å². The molecular weight excluding hydrogens is 235 g/mol. The van der Waals surface area contributed by atoms with Crippen LogP contribution in [0.2, 0.25) is 0 Å². The molecule has 0 saturated heterocycles. The SMILES string of the molecule is CC(NCCO)c1ccccc1OC(F)(F)F. The summed E-state index contributed by atoms with van der Waals surface area (Å²) >= 11 is 0. The number of rotatable bonds is 5. The Kier molecular flexibility index (Phi) is 4.77. The summed E-state index contributed by atoms with van der Waals surface area (Å²) in [7, 11) is 0. The molecule has 0 saturated carbocycles. The zero-order chi connectivity index (χ0) is 12.9. The van der Waals surface area contributed by atoms with Gasteiger partial charge in [-0.1, -0.05) is 18.2 Å². The number of aliphatic hydroxyl groups excluding tert-OH is 1. The number of halogens is 3. The third kappa shape index (κ3) is 4.62. The van der Waals surface area contributed by atoms with E-state index in [-0.39, 0.29) is 18.4 Å². The Balaban J connectivity index is 2.83. The quantitative estimate of drug-likeness (QED) is 0.840. The Bertz CT molecular complexity index is 355. The van der Waals surface area contributed by atoms with Crippen molar-refractivity contribution in [2.24, 2.45) is 0 Å². The summed E-state index contributed by atoms with van der Waals surface area (Å²) in [6.45, 7) is 1.93. The van der Waals surface area contributed by atoms with Crippen molar-refractivity contribution in [2.45, 2.75) is 19.3 Å². The van der Waals surface area contributed by atoms with Gasteiger partial charge in [0.15, 0.2) is 0 Å². The minimum Gasteiger partial charge on any atom is -0.405 e. The second-order valence-electron chi connectivity index (χ2n) is 3.49. The molecule has 0 heterocycles. The van der Waals surface area contributed by atoms with Gasteiger partial charge in [-0.15, -0.1) is 13.2 Å². The topological polar surface area (TPSA) is 41.5 Å². The smallest absolute Gasteiger partial charge is 0.405 e. The second-order valence-corrected chi connectivity index (χ2v) is 3.49. The first kappa shape index (κ1) is 13.8. The van der Waals surface area contributed by atoms with Gasteiger partial charge in [0.05, 0.1) is 6.61 Å². The average molecular weight is 249 g/mol. The largest absolute Gasteiger partial charge is 0.573 e.